The molecule has 0 saturated carbocycles. The van der Waals surface area contributed by atoms with Crippen molar-refractivity contribution in [1.29, 1.82) is 0 Å². The fourth-order valence-corrected chi connectivity index (χ4v) is 3.36. The van der Waals surface area contributed by atoms with E-state index in [0.29, 0.717) is 37.8 Å². The summed E-state index contributed by atoms with van der Waals surface area (Å²) in [6.07, 6.45) is 1.69. The van der Waals surface area contributed by atoms with E-state index in [9.17, 15) is 13.6 Å². The number of halogens is 2. The zero-order valence-electron chi connectivity index (χ0n) is 17.1. The predicted octanol–water partition coefficient (Wildman–Crippen LogP) is 3.09. The highest BCUT2D eigenvalue weighted by Gasteiger charge is 2.23. The molecule has 1 aliphatic rings. The van der Waals surface area contributed by atoms with Crippen LogP contribution in [0.25, 0.3) is 0 Å². The molecular formula is C22H22F2N6O. The lowest BCUT2D eigenvalue weighted by atomic mass is 10.1. The molecule has 0 radical (unpaired) electrons. The van der Waals surface area contributed by atoms with Crippen molar-refractivity contribution in [3.63, 3.8) is 0 Å². The van der Waals surface area contributed by atoms with Gasteiger partial charge in [0.2, 0.25) is 5.91 Å². The van der Waals surface area contributed by atoms with Gasteiger partial charge in [0.25, 0.3) is 0 Å². The summed E-state index contributed by atoms with van der Waals surface area (Å²) >= 11 is 0. The summed E-state index contributed by atoms with van der Waals surface area (Å²) < 4.78 is 26.8. The van der Waals surface area contributed by atoms with Crippen LogP contribution in [0.5, 0.6) is 0 Å². The molecule has 1 amide bonds. The molecule has 1 aliphatic heterocycles. The van der Waals surface area contributed by atoms with Gasteiger partial charge in [-0.3, -0.25) is 4.79 Å². The van der Waals surface area contributed by atoms with Gasteiger partial charge in [-0.15, -0.1) is 10.2 Å². The van der Waals surface area contributed by atoms with Gasteiger partial charge >= 0.3 is 0 Å². The summed E-state index contributed by atoms with van der Waals surface area (Å²) in [4.78, 5) is 20.5. The topological polar surface area (TPSA) is 74.2 Å². The molecule has 1 fully saturated rings. The monoisotopic (exact) mass is 424 g/mol. The quantitative estimate of drug-likeness (QED) is 0.679. The Labute approximate surface area is 178 Å². The van der Waals surface area contributed by atoms with Crippen molar-refractivity contribution in [2.45, 2.75) is 13.3 Å². The first-order valence-corrected chi connectivity index (χ1v) is 9.98. The lowest BCUT2D eigenvalue weighted by molar-refractivity contribution is -0.130. The molecule has 1 aromatic carbocycles. The molecule has 2 aromatic heterocycles. The lowest BCUT2D eigenvalue weighted by Gasteiger charge is -2.35. The van der Waals surface area contributed by atoms with Gasteiger partial charge in [0, 0.05) is 38.4 Å². The van der Waals surface area contributed by atoms with Crippen molar-refractivity contribution in [3.05, 3.63) is 71.4 Å². The number of hydrogen-bond acceptors (Lipinski definition) is 6. The number of anilines is 3. The van der Waals surface area contributed by atoms with Gasteiger partial charge in [-0.25, -0.2) is 13.8 Å². The van der Waals surface area contributed by atoms with Crippen molar-refractivity contribution < 1.29 is 13.6 Å². The molecule has 3 aromatic rings. The maximum absolute atomic E-state index is 13.8. The Balaban J connectivity index is 1.31. The first kappa shape index (κ1) is 20.6. The van der Waals surface area contributed by atoms with Crippen molar-refractivity contribution >= 4 is 23.4 Å². The normalized spacial score (nSPS) is 13.9. The second-order valence-electron chi connectivity index (χ2n) is 7.40. The standard InChI is InChI=1S/C22H22F2N6O/c1-15-2-5-19(25-14-15)26-20-6-7-21(28-27-20)29-8-10-30(11-9-29)22(31)12-16-3-4-17(23)13-18(16)24/h2-7,13-14H,8-12H2,1H3,(H,25,26,27). The van der Waals surface area contributed by atoms with Crippen molar-refractivity contribution in [3.8, 4) is 0 Å². The first-order valence-electron chi connectivity index (χ1n) is 9.98. The Morgan fingerprint density at radius 3 is 2.42 bits per heavy atom. The Kier molecular flexibility index (Phi) is 6.01. The molecule has 3 heterocycles. The smallest absolute Gasteiger partial charge is 0.227 e. The highest BCUT2D eigenvalue weighted by atomic mass is 19.1. The molecule has 0 unspecified atom stereocenters. The number of nitrogens with one attached hydrogen (secondary N) is 1. The summed E-state index contributed by atoms with van der Waals surface area (Å²) in [6.45, 7) is 4.16. The average Bonchev–Trinajstić information content (AvgIpc) is 2.78. The van der Waals surface area contributed by atoms with Crippen LogP contribution < -0.4 is 10.2 Å². The largest absolute Gasteiger partial charge is 0.352 e. The number of carbonyl (C=O) groups is 1. The van der Waals surface area contributed by atoms with Gasteiger partial charge < -0.3 is 15.1 Å². The van der Waals surface area contributed by atoms with Gasteiger partial charge in [-0.2, -0.15) is 0 Å². The number of amides is 1. The fourth-order valence-electron chi connectivity index (χ4n) is 3.36. The summed E-state index contributed by atoms with van der Waals surface area (Å²) in [5, 5.41) is 11.6. The Bertz CT molecular complexity index is 1050. The Hall–Kier alpha value is -3.62. The number of benzene rings is 1. The second-order valence-corrected chi connectivity index (χ2v) is 7.40. The van der Waals surface area contributed by atoms with Crippen LogP contribution in [0.4, 0.5) is 26.2 Å². The minimum Gasteiger partial charge on any atom is -0.352 e. The zero-order valence-corrected chi connectivity index (χ0v) is 17.1. The van der Waals surface area contributed by atoms with Gasteiger partial charge in [-0.1, -0.05) is 12.1 Å². The van der Waals surface area contributed by atoms with Crippen LogP contribution in [-0.4, -0.2) is 52.2 Å². The van der Waals surface area contributed by atoms with Crippen LogP contribution in [0.2, 0.25) is 0 Å². The molecule has 160 valence electrons. The lowest BCUT2D eigenvalue weighted by Crippen LogP contribution is -2.49. The molecule has 1 saturated heterocycles. The van der Waals surface area contributed by atoms with Gasteiger partial charge in [-0.05, 0) is 42.3 Å². The third kappa shape index (κ3) is 5.11. The Morgan fingerprint density at radius 2 is 1.77 bits per heavy atom. The fraction of sp³-hybridized carbons (Fsp3) is 0.273. The van der Waals surface area contributed by atoms with Crippen LogP contribution in [0.15, 0.2) is 48.7 Å². The van der Waals surface area contributed by atoms with Gasteiger partial charge in [0.1, 0.15) is 17.5 Å². The number of aromatic nitrogens is 3. The maximum atomic E-state index is 13.8. The molecule has 31 heavy (non-hydrogen) atoms. The van der Waals surface area contributed by atoms with E-state index in [2.05, 4.69) is 20.5 Å². The van der Waals surface area contributed by atoms with E-state index in [4.69, 9.17) is 0 Å². The number of nitrogens with zero attached hydrogens (tertiary/aromatic N) is 5. The van der Waals surface area contributed by atoms with Crippen molar-refractivity contribution in [2.75, 3.05) is 36.4 Å². The second kappa shape index (κ2) is 9.03. The number of piperazine rings is 1. The van der Waals surface area contributed by atoms with Crippen LogP contribution >= 0.6 is 0 Å². The SMILES string of the molecule is Cc1ccc(Nc2ccc(N3CCN(C(=O)Cc4ccc(F)cc4F)CC3)nn2)nc1. The summed E-state index contributed by atoms with van der Waals surface area (Å²) in [6, 6.07) is 10.8. The third-order valence-electron chi connectivity index (χ3n) is 5.13. The van der Waals surface area contributed by atoms with E-state index in [1.165, 1.54) is 6.07 Å². The molecular weight excluding hydrogens is 402 g/mol. The summed E-state index contributed by atoms with van der Waals surface area (Å²) in [7, 11) is 0. The zero-order chi connectivity index (χ0) is 21.8. The number of aryl methyl sites for hydroxylation is 1. The van der Waals surface area contributed by atoms with Crippen molar-refractivity contribution in [2.24, 2.45) is 0 Å². The van der Waals surface area contributed by atoms with E-state index in [1.807, 2.05) is 36.1 Å². The highest BCUT2D eigenvalue weighted by Crippen LogP contribution is 2.18. The van der Waals surface area contributed by atoms with E-state index in [1.54, 1.807) is 11.1 Å². The highest BCUT2D eigenvalue weighted by molar-refractivity contribution is 5.79. The molecule has 1 N–H and O–H groups in total. The van der Waals surface area contributed by atoms with E-state index in [0.717, 1.165) is 23.5 Å². The summed E-state index contributed by atoms with van der Waals surface area (Å²) in [5.41, 5.74) is 1.28. The van der Waals surface area contributed by atoms with Crippen molar-refractivity contribution in [1.82, 2.24) is 20.1 Å². The average molecular weight is 424 g/mol. The predicted molar refractivity (Wildman–Crippen MR) is 113 cm³/mol. The maximum Gasteiger partial charge on any atom is 0.227 e. The number of pyridine rings is 1. The molecule has 7 nitrogen and oxygen atoms in total. The van der Waals surface area contributed by atoms with Crippen LogP contribution in [0, 0.1) is 18.6 Å². The van der Waals surface area contributed by atoms with Gasteiger partial charge in [0.15, 0.2) is 11.6 Å². The van der Waals surface area contributed by atoms with E-state index >= 15 is 0 Å². The first-order chi connectivity index (χ1) is 15.0. The minimum atomic E-state index is -0.697. The van der Waals surface area contributed by atoms with Crippen LogP contribution in [0.1, 0.15) is 11.1 Å². The molecule has 4 rings (SSSR count). The van der Waals surface area contributed by atoms with Crippen LogP contribution in [0.3, 0.4) is 0 Å². The third-order valence-corrected chi connectivity index (χ3v) is 5.13. The van der Waals surface area contributed by atoms with E-state index in [-0.39, 0.29) is 17.9 Å². The molecule has 0 spiro atoms. The molecule has 0 atom stereocenters. The van der Waals surface area contributed by atoms with Gasteiger partial charge in [0.05, 0.1) is 6.42 Å². The van der Waals surface area contributed by atoms with Crippen LogP contribution in [-0.2, 0) is 11.2 Å². The molecule has 0 bridgehead atoms. The molecule has 0 aliphatic carbocycles. The minimum absolute atomic E-state index is 0.0840. The number of rotatable bonds is 5. The molecule has 9 heteroatoms. The Morgan fingerprint density at radius 1 is 1.00 bits per heavy atom. The number of hydrogen-bond donors (Lipinski definition) is 1. The van der Waals surface area contributed by atoms with E-state index < -0.39 is 11.6 Å². The summed E-state index contributed by atoms with van der Waals surface area (Å²) in [5.74, 6) is 0.477. The number of carbonyl (C=O) groups excluding carboxylic acids is 1.